The highest BCUT2D eigenvalue weighted by molar-refractivity contribution is 7.90. The van der Waals surface area contributed by atoms with Crippen LogP contribution in [0.3, 0.4) is 0 Å². The van der Waals surface area contributed by atoms with Gasteiger partial charge >= 0.3 is 0 Å². The fraction of sp³-hybridized carbons (Fsp3) is 0.273. The molecule has 0 spiro atoms. The van der Waals surface area contributed by atoms with Gasteiger partial charge in [0.1, 0.15) is 6.04 Å². The molecule has 2 aromatic heterocycles. The molecule has 0 aliphatic carbocycles. The minimum absolute atomic E-state index is 0.0631. The van der Waals surface area contributed by atoms with Gasteiger partial charge < -0.3 is 10.6 Å². The third kappa shape index (κ3) is 3.77. The second-order valence-electron chi connectivity index (χ2n) is 7.91. The molecule has 1 atom stereocenters. The number of benzene rings is 2. The molecule has 0 unspecified atom stereocenters. The predicted octanol–water partition coefficient (Wildman–Crippen LogP) is 2.43. The molecule has 0 saturated carbocycles. The molecule has 2 aromatic carbocycles. The summed E-state index contributed by atoms with van der Waals surface area (Å²) in [5.41, 5.74) is 1.88. The van der Waals surface area contributed by atoms with E-state index >= 15 is 0 Å². The number of carbonyl (C=O) groups excluding carboxylic acids is 1. The van der Waals surface area contributed by atoms with Crippen molar-refractivity contribution in [3.05, 3.63) is 48.5 Å². The zero-order valence-corrected chi connectivity index (χ0v) is 18.3. The number of para-hydroxylation sites is 1. The number of rotatable bonds is 4. The van der Waals surface area contributed by atoms with Gasteiger partial charge in [0.25, 0.3) is 0 Å². The second kappa shape index (κ2) is 7.86. The van der Waals surface area contributed by atoms with Crippen molar-refractivity contribution in [2.75, 3.05) is 18.1 Å². The third-order valence-corrected chi connectivity index (χ3v) is 6.65. The Labute approximate surface area is 184 Å². The van der Waals surface area contributed by atoms with Gasteiger partial charge in [-0.2, -0.15) is 4.52 Å². The number of hydrogen-bond acceptors (Lipinski definition) is 7. The van der Waals surface area contributed by atoms with Gasteiger partial charge in [-0.15, -0.1) is 5.10 Å². The molecule has 3 heterocycles. The van der Waals surface area contributed by atoms with E-state index in [4.69, 9.17) is 9.97 Å². The number of aromatic nitrogens is 4. The average molecular weight is 451 g/mol. The van der Waals surface area contributed by atoms with Crippen LogP contribution in [0, 0.1) is 0 Å². The number of sulfone groups is 1. The molecular formula is C22H22N6O3S. The van der Waals surface area contributed by atoms with Crippen LogP contribution in [0.2, 0.25) is 0 Å². The fourth-order valence-electron chi connectivity index (χ4n) is 3.87. The Morgan fingerprint density at radius 1 is 1.09 bits per heavy atom. The minimum Gasteiger partial charge on any atom is -0.354 e. The molecule has 4 aromatic rings. The normalized spacial score (nSPS) is 17.3. The lowest BCUT2D eigenvalue weighted by molar-refractivity contribution is -0.121. The first-order chi connectivity index (χ1) is 15.4. The number of nitrogens with zero attached hydrogens (tertiary/aromatic N) is 4. The highest BCUT2D eigenvalue weighted by atomic mass is 32.2. The van der Waals surface area contributed by atoms with Crippen molar-refractivity contribution in [3.8, 4) is 11.4 Å². The Kier molecular flexibility index (Phi) is 5.01. The van der Waals surface area contributed by atoms with E-state index in [2.05, 4.69) is 15.7 Å². The summed E-state index contributed by atoms with van der Waals surface area (Å²) in [6, 6.07) is 13.7. The first-order valence-electron chi connectivity index (χ1n) is 10.4. The summed E-state index contributed by atoms with van der Waals surface area (Å²) in [6.07, 6.45) is 3.73. The summed E-state index contributed by atoms with van der Waals surface area (Å²) in [5, 5.41) is 11.6. The summed E-state index contributed by atoms with van der Waals surface area (Å²) in [4.78, 5) is 22.1. The Bertz CT molecular complexity index is 1450. The summed E-state index contributed by atoms with van der Waals surface area (Å²) in [6.45, 7) is 0.668. The zero-order valence-electron chi connectivity index (χ0n) is 17.4. The van der Waals surface area contributed by atoms with Crippen molar-refractivity contribution in [2.45, 2.75) is 30.2 Å². The van der Waals surface area contributed by atoms with Crippen molar-refractivity contribution in [1.29, 1.82) is 0 Å². The molecule has 2 N–H and O–H groups in total. The highest BCUT2D eigenvalue weighted by Crippen LogP contribution is 2.26. The number of anilines is 1. The van der Waals surface area contributed by atoms with Gasteiger partial charge in [0, 0.05) is 23.8 Å². The van der Waals surface area contributed by atoms with E-state index in [0.717, 1.165) is 23.7 Å². The fourth-order valence-corrected chi connectivity index (χ4v) is 4.54. The first kappa shape index (κ1) is 20.4. The maximum atomic E-state index is 12.5. The smallest absolute Gasteiger partial charge is 0.242 e. The van der Waals surface area contributed by atoms with Crippen LogP contribution in [0.25, 0.3) is 27.9 Å². The van der Waals surface area contributed by atoms with Gasteiger partial charge in [-0.05, 0) is 43.5 Å². The van der Waals surface area contributed by atoms with Gasteiger partial charge in [0.05, 0.1) is 10.4 Å². The van der Waals surface area contributed by atoms with E-state index < -0.39 is 15.9 Å². The van der Waals surface area contributed by atoms with E-state index in [1.807, 2.05) is 24.3 Å². The van der Waals surface area contributed by atoms with E-state index in [-0.39, 0.29) is 10.8 Å². The maximum absolute atomic E-state index is 12.5. The largest absolute Gasteiger partial charge is 0.354 e. The van der Waals surface area contributed by atoms with Crippen LogP contribution >= 0.6 is 0 Å². The molecule has 1 aliphatic heterocycles. The van der Waals surface area contributed by atoms with E-state index in [9.17, 15) is 13.2 Å². The summed E-state index contributed by atoms with van der Waals surface area (Å²) in [5.74, 6) is 0.729. The van der Waals surface area contributed by atoms with Gasteiger partial charge in [0.15, 0.2) is 21.3 Å². The molecule has 10 heteroatoms. The quantitative estimate of drug-likeness (QED) is 0.490. The SMILES string of the molecule is CS(=O)(=O)c1cccc(-c2nc3c4ccccc4nc(N[C@@H]4CCCCNC4=O)n3n2)c1. The van der Waals surface area contributed by atoms with Crippen LogP contribution in [-0.2, 0) is 14.6 Å². The molecule has 5 rings (SSSR count). The maximum Gasteiger partial charge on any atom is 0.242 e. The zero-order chi connectivity index (χ0) is 22.3. The van der Waals surface area contributed by atoms with Crippen LogP contribution < -0.4 is 10.6 Å². The molecule has 1 fully saturated rings. The van der Waals surface area contributed by atoms with Crippen molar-refractivity contribution >= 4 is 38.2 Å². The Morgan fingerprint density at radius 2 is 1.94 bits per heavy atom. The third-order valence-electron chi connectivity index (χ3n) is 5.54. The first-order valence-corrected chi connectivity index (χ1v) is 12.3. The van der Waals surface area contributed by atoms with Crippen LogP contribution in [0.4, 0.5) is 5.95 Å². The van der Waals surface area contributed by atoms with Gasteiger partial charge in [-0.25, -0.2) is 18.4 Å². The van der Waals surface area contributed by atoms with Crippen LogP contribution in [0.15, 0.2) is 53.4 Å². The van der Waals surface area contributed by atoms with Crippen LogP contribution in [0.1, 0.15) is 19.3 Å². The lowest BCUT2D eigenvalue weighted by Gasteiger charge is -2.16. The molecule has 164 valence electrons. The molecule has 1 amide bonds. The molecule has 1 aliphatic rings. The van der Waals surface area contributed by atoms with Crippen molar-refractivity contribution in [1.82, 2.24) is 24.9 Å². The van der Waals surface area contributed by atoms with E-state index in [0.29, 0.717) is 35.9 Å². The lowest BCUT2D eigenvalue weighted by Crippen LogP contribution is -2.38. The lowest BCUT2D eigenvalue weighted by atomic mass is 10.1. The summed E-state index contributed by atoms with van der Waals surface area (Å²) >= 11 is 0. The predicted molar refractivity (Wildman–Crippen MR) is 121 cm³/mol. The van der Waals surface area contributed by atoms with Crippen LogP contribution in [-0.4, -0.2) is 52.7 Å². The average Bonchev–Trinajstić information content (AvgIpc) is 3.14. The van der Waals surface area contributed by atoms with E-state index in [1.54, 1.807) is 28.8 Å². The Morgan fingerprint density at radius 3 is 2.78 bits per heavy atom. The molecule has 0 radical (unpaired) electrons. The summed E-state index contributed by atoms with van der Waals surface area (Å²) < 4.78 is 25.6. The van der Waals surface area contributed by atoms with Gasteiger partial charge in [0.2, 0.25) is 11.9 Å². The number of carbonyl (C=O) groups is 1. The van der Waals surface area contributed by atoms with Crippen LogP contribution in [0.5, 0.6) is 0 Å². The number of amides is 1. The minimum atomic E-state index is -3.37. The van der Waals surface area contributed by atoms with Gasteiger partial charge in [-0.3, -0.25) is 4.79 Å². The standard InChI is InChI=1S/C22H22N6O3S/c1-32(30,31)15-8-6-7-14(13-15)19-26-20-16-9-2-3-10-17(16)24-22(28(20)27-19)25-18-11-4-5-12-23-21(18)29/h2-3,6-10,13,18H,4-5,11-12H2,1H3,(H,23,29)(H,24,25)/t18-/m1/s1. The molecule has 32 heavy (non-hydrogen) atoms. The number of nitrogens with one attached hydrogen (secondary N) is 2. The molecule has 1 saturated heterocycles. The Balaban J connectivity index is 1.66. The highest BCUT2D eigenvalue weighted by Gasteiger charge is 2.23. The molecule has 0 bridgehead atoms. The molecule has 9 nitrogen and oxygen atoms in total. The topological polar surface area (TPSA) is 118 Å². The van der Waals surface area contributed by atoms with Crippen molar-refractivity contribution < 1.29 is 13.2 Å². The number of fused-ring (bicyclic) bond motifs is 3. The van der Waals surface area contributed by atoms with Crippen molar-refractivity contribution in [3.63, 3.8) is 0 Å². The Hall–Kier alpha value is -3.53. The monoisotopic (exact) mass is 450 g/mol. The van der Waals surface area contributed by atoms with E-state index in [1.165, 1.54) is 6.26 Å². The summed E-state index contributed by atoms with van der Waals surface area (Å²) in [7, 11) is -3.37. The number of hydrogen-bond donors (Lipinski definition) is 2. The van der Waals surface area contributed by atoms with Gasteiger partial charge in [-0.1, -0.05) is 24.3 Å². The van der Waals surface area contributed by atoms with Crippen molar-refractivity contribution in [2.24, 2.45) is 0 Å². The molecular weight excluding hydrogens is 428 g/mol. The second-order valence-corrected chi connectivity index (χ2v) is 9.92.